The van der Waals surface area contributed by atoms with Gasteiger partial charge < -0.3 is 0 Å². The Bertz CT molecular complexity index is 1280. The van der Waals surface area contributed by atoms with E-state index in [1.54, 1.807) is 11.5 Å². The SMILES string of the molecule is C=CCn1c(-c2sc(NC(=O)c3csc(-c4ccc(C)cc4)n3)nc2C)n[nH]c1=S. The van der Waals surface area contributed by atoms with Gasteiger partial charge in [-0.05, 0) is 26.1 Å². The second-order valence-corrected chi connectivity index (χ2v) is 8.79. The predicted octanol–water partition coefficient (Wildman–Crippen LogP) is 5.24. The fraction of sp³-hybridized carbons (Fsp3) is 0.150. The molecule has 3 aromatic heterocycles. The van der Waals surface area contributed by atoms with Gasteiger partial charge in [0.2, 0.25) is 0 Å². The molecule has 0 saturated heterocycles. The molecule has 10 heteroatoms. The molecule has 0 saturated carbocycles. The van der Waals surface area contributed by atoms with Gasteiger partial charge in [-0.15, -0.1) is 17.9 Å². The van der Waals surface area contributed by atoms with Crippen molar-refractivity contribution in [2.24, 2.45) is 0 Å². The minimum atomic E-state index is -0.296. The lowest BCUT2D eigenvalue weighted by Gasteiger charge is -2.01. The van der Waals surface area contributed by atoms with Crippen LogP contribution in [-0.4, -0.2) is 30.6 Å². The number of hydrogen-bond donors (Lipinski definition) is 2. The average molecular weight is 455 g/mol. The molecule has 0 aliphatic rings. The highest BCUT2D eigenvalue weighted by atomic mass is 32.1. The first-order valence-corrected chi connectivity index (χ1v) is 11.1. The monoisotopic (exact) mass is 454 g/mol. The minimum Gasteiger partial charge on any atom is -0.296 e. The number of rotatable bonds is 6. The van der Waals surface area contributed by atoms with E-state index in [9.17, 15) is 4.79 Å². The summed E-state index contributed by atoms with van der Waals surface area (Å²) in [6, 6.07) is 8.06. The van der Waals surface area contributed by atoms with Gasteiger partial charge in [-0.2, -0.15) is 5.10 Å². The van der Waals surface area contributed by atoms with Crippen LogP contribution in [0.15, 0.2) is 42.3 Å². The van der Waals surface area contributed by atoms with Crippen LogP contribution in [0.2, 0.25) is 0 Å². The van der Waals surface area contributed by atoms with Crippen molar-refractivity contribution in [2.75, 3.05) is 5.32 Å². The average Bonchev–Trinajstić information content (AvgIpc) is 3.43. The third-order valence-electron chi connectivity index (χ3n) is 4.33. The van der Waals surface area contributed by atoms with Crippen LogP contribution in [0.25, 0.3) is 21.3 Å². The molecule has 0 aliphatic heterocycles. The molecule has 0 unspecified atom stereocenters. The van der Waals surface area contributed by atoms with Crippen molar-refractivity contribution in [3.63, 3.8) is 0 Å². The summed E-state index contributed by atoms with van der Waals surface area (Å²) in [7, 11) is 0. The number of carbonyl (C=O) groups excluding carboxylic acids is 1. The van der Waals surface area contributed by atoms with Crippen molar-refractivity contribution in [2.45, 2.75) is 20.4 Å². The van der Waals surface area contributed by atoms with E-state index in [-0.39, 0.29) is 5.91 Å². The van der Waals surface area contributed by atoms with Crippen LogP contribution in [0, 0.1) is 18.6 Å². The zero-order valence-electron chi connectivity index (χ0n) is 16.3. The van der Waals surface area contributed by atoms with Gasteiger partial charge in [-0.3, -0.25) is 19.8 Å². The molecule has 0 atom stereocenters. The van der Waals surface area contributed by atoms with Gasteiger partial charge >= 0.3 is 0 Å². The van der Waals surface area contributed by atoms with E-state index >= 15 is 0 Å². The standard InChI is InChI=1S/C20H18N6OS3/c1-4-9-26-16(24-25-20(26)28)15-12(3)21-19(30-15)23-17(27)14-10-29-18(22-14)13-7-5-11(2)6-8-13/h4-8,10H,1,9H2,2-3H3,(H,25,28)(H,21,23,27). The highest BCUT2D eigenvalue weighted by Crippen LogP contribution is 2.32. The normalized spacial score (nSPS) is 10.9. The molecule has 3 heterocycles. The highest BCUT2D eigenvalue weighted by molar-refractivity contribution is 7.71. The molecule has 1 aromatic carbocycles. The maximum atomic E-state index is 12.7. The van der Waals surface area contributed by atoms with E-state index in [1.165, 1.54) is 28.2 Å². The van der Waals surface area contributed by atoms with Crippen molar-refractivity contribution < 1.29 is 4.79 Å². The first kappa shape index (κ1) is 20.3. The zero-order valence-corrected chi connectivity index (χ0v) is 18.7. The quantitative estimate of drug-likeness (QED) is 0.307. The van der Waals surface area contributed by atoms with Crippen molar-refractivity contribution in [1.82, 2.24) is 24.7 Å². The van der Waals surface area contributed by atoms with Gasteiger partial charge in [0.15, 0.2) is 15.7 Å². The number of anilines is 1. The first-order valence-electron chi connectivity index (χ1n) is 9.04. The van der Waals surface area contributed by atoms with Crippen LogP contribution in [0.4, 0.5) is 5.13 Å². The van der Waals surface area contributed by atoms with E-state index < -0.39 is 0 Å². The number of H-pyrrole nitrogens is 1. The Morgan fingerprint density at radius 2 is 2.07 bits per heavy atom. The molecule has 152 valence electrons. The molecule has 4 aromatic rings. The summed E-state index contributed by atoms with van der Waals surface area (Å²) in [5, 5.41) is 13.0. The molecule has 0 aliphatic carbocycles. The van der Waals surface area contributed by atoms with E-state index in [1.807, 2.05) is 42.7 Å². The number of amides is 1. The molecule has 30 heavy (non-hydrogen) atoms. The summed E-state index contributed by atoms with van der Waals surface area (Å²) in [6.45, 7) is 8.19. The topological polar surface area (TPSA) is 88.5 Å². The summed E-state index contributed by atoms with van der Waals surface area (Å²) in [5.74, 6) is 0.376. The number of aryl methyl sites for hydroxylation is 2. The largest absolute Gasteiger partial charge is 0.296 e. The predicted molar refractivity (Wildman–Crippen MR) is 124 cm³/mol. The van der Waals surface area contributed by atoms with Gasteiger partial charge in [0.05, 0.1) is 10.6 Å². The number of aromatic nitrogens is 5. The van der Waals surface area contributed by atoms with Gasteiger partial charge in [0.1, 0.15) is 10.7 Å². The fourth-order valence-electron chi connectivity index (χ4n) is 2.81. The number of aromatic amines is 1. The Labute approximate surface area is 186 Å². The van der Waals surface area contributed by atoms with E-state index in [4.69, 9.17) is 12.2 Å². The van der Waals surface area contributed by atoms with Crippen molar-refractivity contribution in [3.8, 4) is 21.3 Å². The van der Waals surface area contributed by atoms with Crippen molar-refractivity contribution in [1.29, 1.82) is 0 Å². The maximum absolute atomic E-state index is 12.7. The van der Waals surface area contributed by atoms with E-state index in [2.05, 4.69) is 32.1 Å². The van der Waals surface area contributed by atoms with Crippen LogP contribution in [-0.2, 0) is 6.54 Å². The van der Waals surface area contributed by atoms with Crippen molar-refractivity contribution in [3.05, 3.63) is 64.0 Å². The van der Waals surface area contributed by atoms with Crippen LogP contribution in [0.5, 0.6) is 0 Å². The number of nitrogens with zero attached hydrogens (tertiary/aromatic N) is 4. The molecule has 2 N–H and O–H groups in total. The molecule has 0 radical (unpaired) electrons. The fourth-order valence-corrected chi connectivity index (χ4v) is 4.79. The lowest BCUT2D eigenvalue weighted by atomic mass is 10.2. The van der Waals surface area contributed by atoms with E-state index in [0.717, 1.165) is 21.1 Å². The van der Waals surface area contributed by atoms with Crippen LogP contribution in [0.3, 0.4) is 0 Å². The summed E-state index contributed by atoms with van der Waals surface area (Å²) in [5.41, 5.74) is 3.28. The molecule has 0 fully saturated rings. The Hall–Kier alpha value is -2.95. The zero-order chi connectivity index (χ0) is 21.3. The summed E-state index contributed by atoms with van der Waals surface area (Å²) < 4.78 is 2.34. The summed E-state index contributed by atoms with van der Waals surface area (Å²) in [4.78, 5) is 22.5. The lowest BCUT2D eigenvalue weighted by Crippen LogP contribution is -2.12. The van der Waals surface area contributed by atoms with Crippen LogP contribution >= 0.6 is 34.9 Å². The molecule has 0 spiro atoms. The van der Waals surface area contributed by atoms with Gasteiger partial charge in [-0.25, -0.2) is 9.97 Å². The molecule has 7 nitrogen and oxygen atoms in total. The number of allylic oxidation sites excluding steroid dienone is 1. The Morgan fingerprint density at radius 1 is 1.30 bits per heavy atom. The Balaban J connectivity index is 1.55. The third-order valence-corrected chi connectivity index (χ3v) is 6.60. The Kier molecular flexibility index (Phi) is 5.71. The molecule has 1 amide bonds. The van der Waals surface area contributed by atoms with Gasteiger partial charge in [0, 0.05) is 17.5 Å². The number of benzene rings is 1. The van der Waals surface area contributed by atoms with Crippen LogP contribution < -0.4 is 5.32 Å². The minimum absolute atomic E-state index is 0.296. The highest BCUT2D eigenvalue weighted by Gasteiger charge is 2.19. The second-order valence-electron chi connectivity index (χ2n) is 6.54. The summed E-state index contributed by atoms with van der Waals surface area (Å²) >= 11 is 8.05. The second kappa shape index (κ2) is 8.42. The smallest absolute Gasteiger partial charge is 0.276 e. The molecule has 4 rings (SSSR count). The summed E-state index contributed by atoms with van der Waals surface area (Å²) in [6.07, 6.45) is 1.75. The molecule has 0 bridgehead atoms. The van der Waals surface area contributed by atoms with E-state index in [0.29, 0.717) is 28.0 Å². The number of thiazole rings is 2. The first-order chi connectivity index (χ1) is 14.5. The molecular formula is C20H18N6OS3. The Morgan fingerprint density at radius 3 is 2.80 bits per heavy atom. The molecular weight excluding hydrogens is 436 g/mol. The van der Waals surface area contributed by atoms with Crippen molar-refractivity contribution >= 4 is 45.9 Å². The number of carbonyl (C=O) groups is 1. The van der Waals surface area contributed by atoms with Gasteiger partial charge in [-0.1, -0.05) is 47.2 Å². The van der Waals surface area contributed by atoms with Gasteiger partial charge in [0.25, 0.3) is 5.91 Å². The number of hydrogen-bond acceptors (Lipinski definition) is 7. The van der Waals surface area contributed by atoms with Crippen LogP contribution in [0.1, 0.15) is 21.7 Å². The lowest BCUT2D eigenvalue weighted by molar-refractivity contribution is 0.102. The number of nitrogens with one attached hydrogen (secondary N) is 2. The third kappa shape index (κ3) is 4.02. The maximum Gasteiger partial charge on any atom is 0.276 e.